The van der Waals surface area contributed by atoms with Gasteiger partial charge in [0.05, 0.1) is 12.0 Å². The number of para-hydroxylation sites is 1. The van der Waals surface area contributed by atoms with Crippen molar-refractivity contribution in [2.75, 3.05) is 5.75 Å². The van der Waals surface area contributed by atoms with Gasteiger partial charge in [-0.2, -0.15) is 5.10 Å². The normalized spacial score (nSPS) is 10.7. The largest absolute Gasteiger partial charge is 0.457 e. The van der Waals surface area contributed by atoms with Gasteiger partial charge in [0.1, 0.15) is 11.5 Å². The van der Waals surface area contributed by atoms with Gasteiger partial charge in [-0.25, -0.2) is 5.43 Å². The van der Waals surface area contributed by atoms with E-state index in [0.29, 0.717) is 5.75 Å². The number of nitrogens with one attached hydrogen (secondary N) is 1. The van der Waals surface area contributed by atoms with Crippen molar-refractivity contribution in [3.05, 3.63) is 96.1 Å². The average molecular weight is 376 g/mol. The van der Waals surface area contributed by atoms with Gasteiger partial charge < -0.3 is 4.74 Å². The third-order valence-corrected chi connectivity index (χ3v) is 4.59. The van der Waals surface area contributed by atoms with E-state index < -0.39 is 0 Å². The fourth-order valence-corrected chi connectivity index (χ4v) is 3.11. The maximum Gasteiger partial charge on any atom is 0.250 e. The summed E-state index contributed by atoms with van der Waals surface area (Å²) in [6.45, 7) is 0. The van der Waals surface area contributed by atoms with Gasteiger partial charge in [-0.1, -0.05) is 60.7 Å². The smallest absolute Gasteiger partial charge is 0.250 e. The zero-order valence-electron chi connectivity index (χ0n) is 14.7. The van der Waals surface area contributed by atoms with Crippen LogP contribution < -0.4 is 10.2 Å². The molecule has 4 nitrogen and oxygen atoms in total. The van der Waals surface area contributed by atoms with E-state index in [-0.39, 0.29) is 5.91 Å². The van der Waals surface area contributed by atoms with Crippen molar-refractivity contribution < 1.29 is 9.53 Å². The number of thioether (sulfide) groups is 1. The Kier molecular flexibility index (Phi) is 7.07. The first-order chi connectivity index (χ1) is 13.3. The summed E-state index contributed by atoms with van der Waals surface area (Å²) < 4.78 is 5.79. The lowest BCUT2D eigenvalue weighted by Gasteiger charge is -2.05. The molecule has 3 aromatic rings. The third kappa shape index (κ3) is 6.64. The van der Waals surface area contributed by atoms with Crippen molar-refractivity contribution in [3.63, 3.8) is 0 Å². The van der Waals surface area contributed by atoms with E-state index in [4.69, 9.17) is 4.74 Å². The third-order valence-electron chi connectivity index (χ3n) is 3.58. The molecule has 0 aliphatic carbocycles. The highest BCUT2D eigenvalue weighted by atomic mass is 32.2. The molecule has 1 amide bonds. The van der Waals surface area contributed by atoms with Crippen molar-refractivity contribution in [3.8, 4) is 11.5 Å². The minimum atomic E-state index is -0.121. The molecule has 27 heavy (non-hydrogen) atoms. The van der Waals surface area contributed by atoms with Crippen molar-refractivity contribution in [2.45, 2.75) is 5.75 Å². The fraction of sp³-hybridized carbons (Fsp3) is 0.0909. The van der Waals surface area contributed by atoms with Crippen LogP contribution in [0.1, 0.15) is 11.1 Å². The molecule has 0 bridgehead atoms. The zero-order valence-corrected chi connectivity index (χ0v) is 15.6. The Morgan fingerprint density at radius 2 is 1.63 bits per heavy atom. The van der Waals surface area contributed by atoms with Crippen LogP contribution in [-0.2, 0) is 10.5 Å². The first-order valence-corrected chi connectivity index (χ1v) is 9.71. The second-order valence-electron chi connectivity index (χ2n) is 5.76. The standard InChI is InChI=1S/C22H20N2O2S/c25-22(17-27-16-18-8-3-1-4-9-18)24-23-15-19-10-7-13-21(14-19)26-20-11-5-2-6-12-20/h1-15H,16-17H2,(H,24,25)/b23-15-. The Labute approximate surface area is 163 Å². The summed E-state index contributed by atoms with van der Waals surface area (Å²) in [5, 5.41) is 4.02. The molecule has 3 rings (SSSR count). The maximum absolute atomic E-state index is 11.9. The molecule has 0 radical (unpaired) electrons. The molecule has 0 fully saturated rings. The number of hydrogen-bond acceptors (Lipinski definition) is 4. The molecule has 0 heterocycles. The highest BCUT2D eigenvalue weighted by molar-refractivity contribution is 7.99. The van der Waals surface area contributed by atoms with E-state index in [1.807, 2.05) is 84.9 Å². The van der Waals surface area contributed by atoms with Crippen molar-refractivity contribution in [2.24, 2.45) is 5.10 Å². The first kappa shape index (κ1) is 18.7. The molecule has 0 spiro atoms. The quantitative estimate of drug-likeness (QED) is 0.451. The topological polar surface area (TPSA) is 50.7 Å². The molecule has 0 aliphatic heterocycles. The Bertz CT molecular complexity index is 883. The van der Waals surface area contributed by atoms with Crippen LogP contribution in [0.3, 0.4) is 0 Å². The molecule has 5 heteroatoms. The Morgan fingerprint density at radius 3 is 2.41 bits per heavy atom. The van der Waals surface area contributed by atoms with Crippen molar-refractivity contribution in [1.29, 1.82) is 0 Å². The highest BCUT2D eigenvalue weighted by Gasteiger charge is 2.01. The number of nitrogens with zero attached hydrogens (tertiary/aromatic N) is 1. The van der Waals surface area contributed by atoms with E-state index in [9.17, 15) is 4.79 Å². The van der Waals surface area contributed by atoms with Gasteiger partial charge in [0.15, 0.2) is 0 Å². The van der Waals surface area contributed by atoms with Gasteiger partial charge in [-0.3, -0.25) is 4.79 Å². The number of carbonyl (C=O) groups is 1. The monoisotopic (exact) mass is 376 g/mol. The van der Waals surface area contributed by atoms with Crippen LogP contribution in [0, 0.1) is 0 Å². The van der Waals surface area contributed by atoms with Gasteiger partial charge in [-0.05, 0) is 35.4 Å². The number of rotatable bonds is 8. The fourth-order valence-electron chi connectivity index (χ4n) is 2.33. The van der Waals surface area contributed by atoms with Gasteiger partial charge in [0, 0.05) is 5.75 Å². The van der Waals surface area contributed by atoms with Gasteiger partial charge in [0.2, 0.25) is 5.91 Å². The Hall–Kier alpha value is -3.05. The average Bonchev–Trinajstić information content (AvgIpc) is 2.70. The van der Waals surface area contributed by atoms with Gasteiger partial charge in [0.25, 0.3) is 0 Å². The number of benzene rings is 3. The van der Waals surface area contributed by atoms with Crippen LogP contribution in [0.5, 0.6) is 11.5 Å². The first-order valence-electron chi connectivity index (χ1n) is 8.56. The van der Waals surface area contributed by atoms with E-state index in [2.05, 4.69) is 10.5 Å². The van der Waals surface area contributed by atoms with Crippen molar-refractivity contribution in [1.82, 2.24) is 5.43 Å². The molecule has 0 saturated carbocycles. The van der Waals surface area contributed by atoms with E-state index in [1.165, 1.54) is 5.56 Å². The number of ether oxygens (including phenoxy) is 1. The summed E-state index contributed by atoms with van der Waals surface area (Å²) in [5.74, 6) is 2.54. The molecule has 0 aromatic heterocycles. The molecular weight excluding hydrogens is 356 g/mol. The minimum absolute atomic E-state index is 0.121. The zero-order chi connectivity index (χ0) is 18.7. The molecule has 0 saturated heterocycles. The van der Waals surface area contributed by atoms with Crippen LogP contribution in [0.15, 0.2) is 90.0 Å². The lowest BCUT2D eigenvalue weighted by atomic mass is 10.2. The summed E-state index contributed by atoms with van der Waals surface area (Å²) in [4.78, 5) is 11.9. The predicted molar refractivity (Wildman–Crippen MR) is 111 cm³/mol. The van der Waals surface area contributed by atoms with Gasteiger partial charge >= 0.3 is 0 Å². The van der Waals surface area contributed by atoms with Crippen LogP contribution in [-0.4, -0.2) is 17.9 Å². The van der Waals surface area contributed by atoms with Crippen LogP contribution in [0.4, 0.5) is 0 Å². The Morgan fingerprint density at radius 1 is 0.926 bits per heavy atom. The summed E-state index contributed by atoms with van der Waals surface area (Å²) >= 11 is 1.56. The second-order valence-corrected chi connectivity index (χ2v) is 6.74. The van der Waals surface area contributed by atoms with Crippen LogP contribution in [0.2, 0.25) is 0 Å². The summed E-state index contributed by atoms with van der Waals surface area (Å²) in [6, 6.07) is 27.2. The van der Waals surface area contributed by atoms with E-state index >= 15 is 0 Å². The molecule has 0 unspecified atom stereocenters. The van der Waals surface area contributed by atoms with E-state index in [1.54, 1.807) is 18.0 Å². The number of hydrogen-bond donors (Lipinski definition) is 1. The number of hydrazone groups is 1. The van der Waals surface area contributed by atoms with Gasteiger partial charge in [-0.15, -0.1) is 11.8 Å². The number of amides is 1. The maximum atomic E-state index is 11.9. The SMILES string of the molecule is O=C(CSCc1ccccc1)N/N=C\c1cccc(Oc2ccccc2)c1. The highest BCUT2D eigenvalue weighted by Crippen LogP contribution is 2.21. The Balaban J connectivity index is 1.45. The lowest BCUT2D eigenvalue weighted by Crippen LogP contribution is -2.19. The molecular formula is C22H20N2O2S. The number of carbonyl (C=O) groups excluding carboxylic acids is 1. The van der Waals surface area contributed by atoms with Crippen molar-refractivity contribution >= 4 is 23.9 Å². The van der Waals surface area contributed by atoms with E-state index in [0.717, 1.165) is 22.8 Å². The lowest BCUT2D eigenvalue weighted by molar-refractivity contribution is -0.118. The molecule has 0 atom stereocenters. The summed E-state index contributed by atoms with van der Waals surface area (Å²) in [7, 11) is 0. The van der Waals surface area contributed by atoms with Crippen LogP contribution in [0.25, 0.3) is 0 Å². The summed E-state index contributed by atoms with van der Waals surface area (Å²) in [6.07, 6.45) is 1.61. The molecule has 0 aliphatic rings. The summed E-state index contributed by atoms with van der Waals surface area (Å²) in [5.41, 5.74) is 4.61. The second kappa shape index (κ2) is 10.2. The minimum Gasteiger partial charge on any atom is -0.457 e. The predicted octanol–water partition coefficient (Wildman–Crippen LogP) is 4.86. The van der Waals surface area contributed by atoms with Crippen LogP contribution >= 0.6 is 11.8 Å². The molecule has 1 N–H and O–H groups in total. The molecule has 136 valence electrons. The molecule has 3 aromatic carbocycles.